The predicted octanol–water partition coefficient (Wildman–Crippen LogP) is 3.98. The SMILES string of the molecule is CCCCCCCCCCCCNC(=O)CCN(C)C. The van der Waals surface area contributed by atoms with Crippen LogP contribution in [-0.4, -0.2) is 38.0 Å². The van der Waals surface area contributed by atoms with Crippen LogP contribution in [0.25, 0.3) is 0 Å². The Balaban J connectivity index is 3.11. The van der Waals surface area contributed by atoms with Gasteiger partial charge in [0.2, 0.25) is 5.91 Å². The van der Waals surface area contributed by atoms with Crippen molar-refractivity contribution in [3.8, 4) is 0 Å². The maximum Gasteiger partial charge on any atom is 0.221 e. The molecule has 0 aromatic heterocycles. The zero-order valence-corrected chi connectivity index (χ0v) is 14.0. The molecule has 0 aliphatic heterocycles. The summed E-state index contributed by atoms with van der Waals surface area (Å²) in [5.41, 5.74) is 0. The van der Waals surface area contributed by atoms with Gasteiger partial charge in [0.25, 0.3) is 0 Å². The number of rotatable bonds is 14. The summed E-state index contributed by atoms with van der Waals surface area (Å²) in [4.78, 5) is 13.5. The third kappa shape index (κ3) is 15.5. The molecule has 0 spiro atoms. The van der Waals surface area contributed by atoms with Crippen molar-refractivity contribution in [3.63, 3.8) is 0 Å². The Morgan fingerprint density at radius 3 is 1.85 bits per heavy atom. The Kier molecular flexibility index (Phi) is 14.4. The zero-order valence-electron chi connectivity index (χ0n) is 14.0. The minimum atomic E-state index is 0.189. The molecule has 120 valence electrons. The van der Waals surface area contributed by atoms with E-state index in [0.717, 1.165) is 19.5 Å². The van der Waals surface area contributed by atoms with Crippen LogP contribution < -0.4 is 5.32 Å². The Morgan fingerprint density at radius 1 is 0.850 bits per heavy atom. The highest BCUT2D eigenvalue weighted by Crippen LogP contribution is 2.10. The summed E-state index contributed by atoms with van der Waals surface area (Å²) >= 11 is 0. The molecule has 0 saturated heterocycles. The highest BCUT2D eigenvalue weighted by Gasteiger charge is 2.00. The van der Waals surface area contributed by atoms with Gasteiger partial charge in [0.1, 0.15) is 0 Å². The number of unbranched alkanes of at least 4 members (excludes halogenated alkanes) is 9. The van der Waals surface area contributed by atoms with Crippen LogP contribution in [0.3, 0.4) is 0 Å². The van der Waals surface area contributed by atoms with Gasteiger partial charge in [-0.2, -0.15) is 0 Å². The summed E-state index contributed by atoms with van der Waals surface area (Å²) in [5, 5.41) is 3.00. The molecule has 0 fully saturated rings. The van der Waals surface area contributed by atoms with Crippen LogP contribution in [0, 0.1) is 0 Å². The second-order valence-corrected chi connectivity index (χ2v) is 6.09. The van der Waals surface area contributed by atoms with Gasteiger partial charge in [-0.05, 0) is 20.5 Å². The van der Waals surface area contributed by atoms with E-state index in [0.29, 0.717) is 6.42 Å². The van der Waals surface area contributed by atoms with Gasteiger partial charge in [0.15, 0.2) is 0 Å². The van der Waals surface area contributed by atoms with Gasteiger partial charge < -0.3 is 10.2 Å². The third-order valence-electron chi connectivity index (χ3n) is 3.64. The number of carbonyl (C=O) groups excluding carboxylic acids is 1. The number of amides is 1. The highest BCUT2D eigenvalue weighted by atomic mass is 16.1. The van der Waals surface area contributed by atoms with Gasteiger partial charge in [-0.3, -0.25) is 4.79 Å². The molecular weight excluding hydrogens is 248 g/mol. The van der Waals surface area contributed by atoms with E-state index in [9.17, 15) is 4.79 Å². The van der Waals surface area contributed by atoms with Crippen LogP contribution in [-0.2, 0) is 4.79 Å². The number of hydrogen-bond acceptors (Lipinski definition) is 2. The van der Waals surface area contributed by atoms with Crippen LogP contribution in [0.4, 0.5) is 0 Å². The van der Waals surface area contributed by atoms with Crippen molar-refractivity contribution in [3.05, 3.63) is 0 Å². The van der Waals surface area contributed by atoms with Gasteiger partial charge in [0, 0.05) is 19.5 Å². The summed E-state index contributed by atoms with van der Waals surface area (Å²) in [6, 6.07) is 0. The van der Waals surface area contributed by atoms with Gasteiger partial charge >= 0.3 is 0 Å². The number of hydrogen-bond donors (Lipinski definition) is 1. The maximum atomic E-state index is 11.5. The summed E-state index contributed by atoms with van der Waals surface area (Å²) in [6.07, 6.45) is 14.0. The molecule has 0 rings (SSSR count). The first-order chi connectivity index (χ1) is 9.66. The van der Waals surface area contributed by atoms with E-state index in [2.05, 4.69) is 12.2 Å². The van der Waals surface area contributed by atoms with E-state index in [1.807, 2.05) is 19.0 Å². The molecule has 0 aliphatic rings. The van der Waals surface area contributed by atoms with Crippen LogP contribution in [0.2, 0.25) is 0 Å². The fourth-order valence-corrected chi connectivity index (χ4v) is 2.25. The first-order valence-corrected chi connectivity index (χ1v) is 8.58. The van der Waals surface area contributed by atoms with Crippen molar-refractivity contribution in [2.24, 2.45) is 0 Å². The second-order valence-electron chi connectivity index (χ2n) is 6.09. The monoisotopic (exact) mass is 284 g/mol. The number of nitrogens with one attached hydrogen (secondary N) is 1. The Labute approximate surface area is 126 Å². The normalized spacial score (nSPS) is 11.0. The van der Waals surface area contributed by atoms with E-state index in [1.165, 1.54) is 57.8 Å². The fourth-order valence-electron chi connectivity index (χ4n) is 2.25. The van der Waals surface area contributed by atoms with Crippen molar-refractivity contribution >= 4 is 5.91 Å². The average molecular weight is 284 g/mol. The van der Waals surface area contributed by atoms with Gasteiger partial charge in [-0.25, -0.2) is 0 Å². The van der Waals surface area contributed by atoms with Crippen LogP contribution in [0.1, 0.15) is 77.6 Å². The molecule has 0 aliphatic carbocycles. The predicted molar refractivity (Wildman–Crippen MR) is 88.0 cm³/mol. The number of carbonyl (C=O) groups is 1. The zero-order chi connectivity index (χ0) is 15.1. The van der Waals surface area contributed by atoms with Crippen LogP contribution in [0.5, 0.6) is 0 Å². The standard InChI is InChI=1S/C17H36N2O/c1-4-5-6-7-8-9-10-11-12-13-15-18-17(20)14-16-19(2)3/h4-16H2,1-3H3,(H,18,20). The molecule has 0 heterocycles. The largest absolute Gasteiger partial charge is 0.356 e. The van der Waals surface area contributed by atoms with Crippen LogP contribution >= 0.6 is 0 Å². The van der Waals surface area contributed by atoms with E-state index >= 15 is 0 Å². The Morgan fingerprint density at radius 2 is 1.35 bits per heavy atom. The molecule has 3 heteroatoms. The van der Waals surface area contributed by atoms with E-state index in [1.54, 1.807) is 0 Å². The molecule has 20 heavy (non-hydrogen) atoms. The molecule has 0 aromatic rings. The molecule has 0 saturated carbocycles. The number of nitrogens with zero attached hydrogens (tertiary/aromatic N) is 1. The first-order valence-electron chi connectivity index (χ1n) is 8.58. The van der Waals surface area contributed by atoms with Crippen molar-refractivity contribution in [1.29, 1.82) is 0 Å². The smallest absolute Gasteiger partial charge is 0.221 e. The molecule has 0 aromatic carbocycles. The molecule has 1 N–H and O–H groups in total. The lowest BCUT2D eigenvalue weighted by Crippen LogP contribution is -2.28. The molecule has 1 amide bonds. The van der Waals surface area contributed by atoms with Crippen molar-refractivity contribution in [2.45, 2.75) is 77.6 Å². The fraction of sp³-hybridized carbons (Fsp3) is 0.941. The lowest BCUT2D eigenvalue weighted by atomic mass is 10.1. The average Bonchev–Trinajstić information content (AvgIpc) is 2.42. The Hall–Kier alpha value is -0.570. The van der Waals surface area contributed by atoms with E-state index in [4.69, 9.17) is 0 Å². The van der Waals surface area contributed by atoms with Gasteiger partial charge in [-0.15, -0.1) is 0 Å². The minimum absolute atomic E-state index is 0.189. The van der Waals surface area contributed by atoms with Crippen molar-refractivity contribution < 1.29 is 4.79 Å². The van der Waals surface area contributed by atoms with E-state index < -0.39 is 0 Å². The lowest BCUT2D eigenvalue weighted by Gasteiger charge is -2.09. The molecule has 0 radical (unpaired) electrons. The third-order valence-corrected chi connectivity index (χ3v) is 3.64. The molecule has 3 nitrogen and oxygen atoms in total. The van der Waals surface area contributed by atoms with E-state index in [-0.39, 0.29) is 5.91 Å². The topological polar surface area (TPSA) is 32.3 Å². The molecule has 0 unspecified atom stereocenters. The molecular formula is C17H36N2O. The minimum Gasteiger partial charge on any atom is -0.356 e. The quantitative estimate of drug-likeness (QED) is 0.489. The first kappa shape index (κ1) is 19.4. The molecule has 0 bridgehead atoms. The van der Waals surface area contributed by atoms with Crippen molar-refractivity contribution in [1.82, 2.24) is 10.2 Å². The second kappa shape index (κ2) is 14.8. The molecule has 0 atom stereocenters. The summed E-state index contributed by atoms with van der Waals surface area (Å²) in [6.45, 7) is 3.95. The van der Waals surface area contributed by atoms with Crippen molar-refractivity contribution in [2.75, 3.05) is 27.2 Å². The maximum absolute atomic E-state index is 11.5. The van der Waals surface area contributed by atoms with Gasteiger partial charge in [0.05, 0.1) is 0 Å². The Bertz CT molecular complexity index is 217. The summed E-state index contributed by atoms with van der Waals surface area (Å²) in [5.74, 6) is 0.189. The summed E-state index contributed by atoms with van der Waals surface area (Å²) < 4.78 is 0. The summed E-state index contributed by atoms with van der Waals surface area (Å²) in [7, 11) is 3.99. The van der Waals surface area contributed by atoms with Crippen LogP contribution in [0.15, 0.2) is 0 Å². The lowest BCUT2D eigenvalue weighted by molar-refractivity contribution is -0.121. The highest BCUT2D eigenvalue weighted by molar-refractivity contribution is 5.75. The van der Waals surface area contributed by atoms with Gasteiger partial charge in [-0.1, -0.05) is 64.7 Å².